The monoisotopic (exact) mass is 410 g/mol. The van der Waals surface area contributed by atoms with Crippen molar-refractivity contribution in [1.29, 1.82) is 5.26 Å². The first-order valence-electron chi connectivity index (χ1n) is 8.97. The number of rotatable bonds is 4. The highest BCUT2D eigenvalue weighted by Crippen LogP contribution is 2.26. The van der Waals surface area contributed by atoms with Crippen LogP contribution in [0.1, 0.15) is 11.4 Å². The van der Waals surface area contributed by atoms with Gasteiger partial charge in [-0.15, -0.1) is 0 Å². The van der Waals surface area contributed by atoms with E-state index in [1.807, 2.05) is 24.3 Å². The summed E-state index contributed by atoms with van der Waals surface area (Å²) < 4.78 is 32.0. The maximum atomic E-state index is 12.7. The molecule has 0 amide bonds. The number of hydrogen-bond acceptors (Lipinski definition) is 6. The van der Waals surface area contributed by atoms with Gasteiger partial charge in [-0.25, -0.2) is 13.4 Å². The first-order valence-corrected chi connectivity index (χ1v) is 10.4. The van der Waals surface area contributed by atoms with Crippen LogP contribution in [-0.2, 0) is 14.8 Å². The number of imidazole rings is 1. The number of morpholine rings is 1. The van der Waals surface area contributed by atoms with Gasteiger partial charge >= 0.3 is 0 Å². The molecule has 1 aliphatic heterocycles. The number of aromatic nitrogens is 2. The van der Waals surface area contributed by atoms with Crippen molar-refractivity contribution in [2.75, 3.05) is 26.3 Å². The van der Waals surface area contributed by atoms with Crippen molar-refractivity contribution in [2.24, 2.45) is 0 Å². The van der Waals surface area contributed by atoms with Crippen LogP contribution >= 0.6 is 0 Å². The first-order chi connectivity index (χ1) is 14.0. The molecule has 2 N–H and O–H groups in total. The van der Waals surface area contributed by atoms with Crippen LogP contribution < -0.4 is 0 Å². The van der Waals surface area contributed by atoms with Crippen LogP contribution in [0.3, 0.4) is 0 Å². The molecular weight excluding hydrogens is 392 g/mol. The van der Waals surface area contributed by atoms with Gasteiger partial charge in [0.1, 0.15) is 17.4 Å². The summed E-state index contributed by atoms with van der Waals surface area (Å²) in [6.07, 6.45) is 0. The van der Waals surface area contributed by atoms with E-state index in [1.54, 1.807) is 6.07 Å². The van der Waals surface area contributed by atoms with Gasteiger partial charge in [-0.2, -0.15) is 9.57 Å². The number of para-hydroxylation sites is 2. The molecule has 1 aliphatic rings. The highest BCUT2D eigenvalue weighted by molar-refractivity contribution is 7.89. The standard InChI is InChI=1S/C20H18N4O4S/c21-13-16(20-22-17-3-1-2-4-18(17)23-20)19(25)14-5-7-15(8-6-14)29(26,27)24-9-11-28-12-10-24/h1-8,25H,9-12H2,(H,22,23)/b19-16-. The molecule has 9 heteroatoms. The lowest BCUT2D eigenvalue weighted by atomic mass is 10.1. The van der Waals surface area contributed by atoms with Crippen molar-refractivity contribution in [3.8, 4) is 6.07 Å². The summed E-state index contributed by atoms with van der Waals surface area (Å²) in [5, 5.41) is 20.2. The zero-order chi connectivity index (χ0) is 20.4. The number of nitrogens with zero attached hydrogens (tertiary/aromatic N) is 3. The lowest BCUT2D eigenvalue weighted by molar-refractivity contribution is 0.0730. The molecule has 1 aromatic heterocycles. The summed E-state index contributed by atoms with van der Waals surface area (Å²) in [5.74, 6) is -0.0295. The van der Waals surface area contributed by atoms with E-state index in [9.17, 15) is 18.8 Å². The number of aromatic amines is 1. The second-order valence-electron chi connectivity index (χ2n) is 6.48. The van der Waals surface area contributed by atoms with E-state index in [1.165, 1.54) is 28.6 Å². The summed E-state index contributed by atoms with van der Waals surface area (Å²) in [7, 11) is -3.63. The lowest BCUT2D eigenvalue weighted by Gasteiger charge is -2.26. The van der Waals surface area contributed by atoms with E-state index >= 15 is 0 Å². The fourth-order valence-electron chi connectivity index (χ4n) is 3.15. The van der Waals surface area contributed by atoms with E-state index in [0.29, 0.717) is 37.4 Å². The number of nitrogens with one attached hydrogen (secondary N) is 1. The van der Waals surface area contributed by atoms with Crippen molar-refractivity contribution >= 4 is 32.4 Å². The molecule has 0 unspecified atom stereocenters. The SMILES string of the molecule is N#C/C(=C(/O)c1ccc(S(=O)(=O)N2CCOCC2)cc1)c1nc2ccccc2[nH]1. The largest absolute Gasteiger partial charge is 0.506 e. The Hall–Kier alpha value is -3.19. The van der Waals surface area contributed by atoms with Gasteiger partial charge in [0.15, 0.2) is 5.82 Å². The van der Waals surface area contributed by atoms with Crippen LogP contribution in [0, 0.1) is 11.3 Å². The summed E-state index contributed by atoms with van der Waals surface area (Å²) >= 11 is 0. The molecule has 29 heavy (non-hydrogen) atoms. The van der Waals surface area contributed by atoms with Crippen LogP contribution in [-0.4, -0.2) is 54.1 Å². The van der Waals surface area contributed by atoms with Gasteiger partial charge in [0, 0.05) is 18.7 Å². The van der Waals surface area contributed by atoms with Gasteiger partial charge in [-0.05, 0) is 36.4 Å². The number of fused-ring (bicyclic) bond motifs is 1. The Morgan fingerprint density at radius 3 is 2.48 bits per heavy atom. The minimum absolute atomic E-state index is 0.0232. The quantitative estimate of drug-likeness (QED) is 0.504. The van der Waals surface area contributed by atoms with Crippen LogP contribution in [0.2, 0.25) is 0 Å². The number of aliphatic hydroxyl groups excluding tert-OH is 1. The molecule has 2 aromatic carbocycles. The third-order valence-corrected chi connectivity index (χ3v) is 6.62. The van der Waals surface area contributed by atoms with Gasteiger partial charge in [-0.1, -0.05) is 12.1 Å². The molecule has 4 rings (SSSR count). The molecule has 0 atom stereocenters. The van der Waals surface area contributed by atoms with Gasteiger partial charge in [0.25, 0.3) is 0 Å². The number of ether oxygens (including phenoxy) is 1. The third-order valence-electron chi connectivity index (χ3n) is 4.71. The molecule has 1 fully saturated rings. The highest BCUT2D eigenvalue weighted by atomic mass is 32.2. The maximum absolute atomic E-state index is 12.7. The summed E-state index contributed by atoms with van der Waals surface area (Å²) in [4.78, 5) is 7.47. The molecule has 0 spiro atoms. The molecule has 0 radical (unpaired) electrons. The van der Waals surface area contributed by atoms with E-state index in [-0.39, 0.29) is 22.1 Å². The van der Waals surface area contributed by atoms with Crippen molar-refractivity contribution in [3.05, 3.63) is 59.9 Å². The predicted molar refractivity (Wildman–Crippen MR) is 107 cm³/mol. The minimum Gasteiger partial charge on any atom is -0.506 e. The first kappa shape index (κ1) is 19.1. The summed E-state index contributed by atoms with van der Waals surface area (Å²) in [5.41, 5.74) is 1.72. The zero-order valence-corrected chi connectivity index (χ0v) is 16.2. The molecule has 3 aromatic rings. The Bertz CT molecular complexity index is 1180. The molecule has 0 bridgehead atoms. The highest BCUT2D eigenvalue weighted by Gasteiger charge is 2.26. The smallest absolute Gasteiger partial charge is 0.243 e. The molecular formula is C20H18N4O4S. The lowest BCUT2D eigenvalue weighted by Crippen LogP contribution is -2.40. The van der Waals surface area contributed by atoms with Gasteiger partial charge in [0.2, 0.25) is 10.0 Å². The van der Waals surface area contributed by atoms with Crippen molar-refractivity contribution in [1.82, 2.24) is 14.3 Å². The van der Waals surface area contributed by atoms with Crippen molar-refractivity contribution in [2.45, 2.75) is 4.90 Å². The van der Waals surface area contributed by atoms with Gasteiger partial charge in [-0.3, -0.25) is 0 Å². The van der Waals surface area contributed by atoms with E-state index in [0.717, 1.165) is 5.52 Å². The van der Waals surface area contributed by atoms with Crippen LogP contribution in [0.25, 0.3) is 22.4 Å². The fraction of sp³-hybridized carbons (Fsp3) is 0.200. The fourth-order valence-corrected chi connectivity index (χ4v) is 4.56. The number of benzene rings is 2. The molecule has 1 saturated heterocycles. The summed E-state index contributed by atoms with van der Waals surface area (Å²) in [6.45, 7) is 1.34. The predicted octanol–water partition coefficient (Wildman–Crippen LogP) is 2.53. The second-order valence-corrected chi connectivity index (χ2v) is 8.42. The van der Waals surface area contributed by atoms with Crippen LogP contribution in [0.5, 0.6) is 0 Å². The average Bonchev–Trinajstić information content (AvgIpc) is 3.18. The van der Waals surface area contributed by atoms with Crippen LogP contribution in [0.4, 0.5) is 0 Å². The minimum atomic E-state index is -3.63. The molecule has 0 aliphatic carbocycles. The second kappa shape index (κ2) is 7.67. The molecule has 148 valence electrons. The Kier molecular flexibility index (Phi) is 5.07. The maximum Gasteiger partial charge on any atom is 0.243 e. The van der Waals surface area contributed by atoms with Gasteiger partial charge in [0.05, 0.1) is 29.1 Å². The molecule has 2 heterocycles. The molecule has 0 saturated carbocycles. The number of nitriles is 1. The average molecular weight is 410 g/mol. The van der Waals surface area contributed by atoms with E-state index in [2.05, 4.69) is 9.97 Å². The van der Waals surface area contributed by atoms with E-state index in [4.69, 9.17) is 4.74 Å². The van der Waals surface area contributed by atoms with Gasteiger partial charge < -0.3 is 14.8 Å². The molecule has 8 nitrogen and oxygen atoms in total. The number of aliphatic hydroxyl groups is 1. The Labute approximate surface area is 167 Å². The summed E-state index contributed by atoms with van der Waals surface area (Å²) in [6, 6.07) is 15.1. The normalized spacial score (nSPS) is 16.4. The number of allylic oxidation sites excluding steroid dienone is 1. The third kappa shape index (κ3) is 3.61. The number of H-pyrrole nitrogens is 1. The zero-order valence-electron chi connectivity index (χ0n) is 15.4. The number of sulfonamides is 1. The van der Waals surface area contributed by atoms with Crippen molar-refractivity contribution in [3.63, 3.8) is 0 Å². The van der Waals surface area contributed by atoms with Crippen LogP contribution in [0.15, 0.2) is 53.4 Å². The Balaban J connectivity index is 1.67. The van der Waals surface area contributed by atoms with E-state index < -0.39 is 10.0 Å². The Morgan fingerprint density at radius 1 is 1.14 bits per heavy atom. The Morgan fingerprint density at radius 2 is 1.83 bits per heavy atom. The topological polar surface area (TPSA) is 119 Å². The number of hydrogen-bond donors (Lipinski definition) is 2. The van der Waals surface area contributed by atoms with Crippen molar-refractivity contribution < 1.29 is 18.3 Å².